The summed E-state index contributed by atoms with van der Waals surface area (Å²) in [6.45, 7) is 1.16. The van der Waals surface area contributed by atoms with Crippen LogP contribution < -0.4 is 16.0 Å². The number of nitrogens with one attached hydrogen (secondary N) is 3. The van der Waals surface area contributed by atoms with Crippen LogP contribution in [0.5, 0.6) is 0 Å². The van der Waals surface area contributed by atoms with Gasteiger partial charge < -0.3 is 20.9 Å². The van der Waals surface area contributed by atoms with Crippen molar-refractivity contribution in [2.24, 2.45) is 11.8 Å². The van der Waals surface area contributed by atoms with Gasteiger partial charge in [-0.1, -0.05) is 36.6 Å². The maximum atomic E-state index is 13.3. The Morgan fingerprint density at radius 1 is 1.03 bits per heavy atom. The highest BCUT2D eigenvalue weighted by Gasteiger charge is 2.32. The van der Waals surface area contributed by atoms with E-state index in [4.69, 9.17) is 11.6 Å². The molecule has 2 fully saturated rings. The van der Waals surface area contributed by atoms with Gasteiger partial charge in [0.15, 0.2) is 5.82 Å². The van der Waals surface area contributed by atoms with Gasteiger partial charge in [-0.15, -0.1) is 0 Å². The molecule has 2 aliphatic heterocycles. The van der Waals surface area contributed by atoms with Crippen molar-refractivity contribution >= 4 is 52.2 Å². The van der Waals surface area contributed by atoms with E-state index >= 15 is 0 Å². The van der Waals surface area contributed by atoms with E-state index in [9.17, 15) is 9.59 Å². The van der Waals surface area contributed by atoms with Crippen molar-refractivity contribution in [3.05, 3.63) is 64.8 Å². The molecule has 1 aliphatic carbocycles. The number of fused-ring (bicyclic) bond motifs is 6. The average molecular weight is 545 g/mol. The van der Waals surface area contributed by atoms with Gasteiger partial charge >= 0.3 is 0 Å². The van der Waals surface area contributed by atoms with E-state index < -0.39 is 0 Å². The summed E-state index contributed by atoms with van der Waals surface area (Å²) in [5, 5.41) is 10.1. The van der Waals surface area contributed by atoms with Crippen molar-refractivity contribution in [2.45, 2.75) is 51.4 Å². The first kappa shape index (κ1) is 25.6. The number of carbonyl (C=O) groups excluding carboxylic acids is 2. The highest BCUT2D eigenvalue weighted by Crippen LogP contribution is 2.31. The fourth-order valence-corrected chi connectivity index (χ4v) is 6.03. The van der Waals surface area contributed by atoms with E-state index in [1.807, 2.05) is 35.2 Å². The smallest absolute Gasteiger partial charge is 0.229 e. The molecule has 3 heterocycles. The number of anilines is 5. The van der Waals surface area contributed by atoms with E-state index in [1.54, 1.807) is 6.20 Å². The Morgan fingerprint density at radius 2 is 1.87 bits per heavy atom. The summed E-state index contributed by atoms with van der Waals surface area (Å²) in [5.74, 6) is 1.45. The second-order valence-corrected chi connectivity index (χ2v) is 11.3. The first-order valence-electron chi connectivity index (χ1n) is 13.9. The van der Waals surface area contributed by atoms with Crippen LogP contribution in [0.1, 0.15) is 49.7 Å². The molecule has 0 radical (unpaired) electrons. The zero-order valence-electron chi connectivity index (χ0n) is 21.9. The van der Waals surface area contributed by atoms with Crippen molar-refractivity contribution in [1.29, 1.82) is 0 Å². The molecule has 3 aliphatic rings. The number of aromatic nitrogens is 2. The molecule has 2 aromatic carbocycles. The minimum absolute atomic E-state index is 0.0271. The summed E-state index contributed by atoms with van der Waals surface area (Å²) in [7, 11) is 0. The van der Waals surface area contributed by atoms with Crippen LogP contribution in [-0.2, 0) is 22.4 Å². The molecule has 6 bridgehead atoms. The molecule has 1 aromatic heterocycles. The van der Waals surface area contributed by atoms with Gasteiger partial charge in [-0.05, 0) is 79.5 Å². The number of amides is 2. The summed E-state index contributed by atoms with van der Waals surface area (Å²) in [6, 6.07) is 14.0. The Labute approximate surface area is 233 Å². The number of hydrogen-bond donors (Lipinski definition) is 3. The standard InChI is InChI=1S/C30H33ClN6O2/c31-25-17-32-30-34-23-7-3-6-20(14-23)8-9-21-16-24(33-28(25)36-30)10-11-26(21)35-29(39)22-12-13-37(18-22)27(38)15-19-4-1-2-5-19/h3,6-7,10-11,14,16-17,19,22H,1-2,4-5,8-9,12-13,15,18H2,(H,35,39)(H2,32,33,34,36)/t22-/m1/s1. The number of aryl methyl sites for hydroxylation is 2. The van der Waals surface area contributed by atoms with E-state index in [2.05, 4.69) is 38.1 Å². The van der Waals surface area contributed by atoms with Gasteiger partial charge in [0.1, 0.15) is 5.02 Å². The third-order valence-corrected chi connectivity index (χ3v) is 8.36. The number of benzene rings is 2. The van der Waals surface area contributed by atoms with Gasteiger partial charge in [-0.2, -0.15) is 4.98 Å². The average Bonchev–Trinajstić information content (AvgIpc) is 3.63. The molecule has 6 rings (SSSR count). The molecule has 3 N–H and O–H groups in total. The molecule has 3 aromatic rings. The highest BCUT2D eigenvalue weighted by atomic mass is 35.5. The lowest BCUT2D eigenvalue weighted by molar-refractivity contribution is -0.131. The van der Waals surface area contributed by atoms with Crippen LogP contribution >= 0.6 is 11.6 Å². The number of carbonyl (C=O) groups is 2. The minimum Gasteiger partial charge on any atom is -0.342 e. The third-order valence-electron chi connectivity index (χ3n) is 8.09. The molecule has 1 saturated carbocycles. The lowest BCUT2D eigenvalue weighted by Gasteiger charge is -2.19. The van der Waals surface area contributed by atoms with E-state index in [0.29, 0.717) is 48.6 Å². The SMILES string of the molecule is O=C(Nc1ccc2cc1CCc1cccc(c1)Nc1ncc(Cl)c(n1)N2)[C@@H]1CCN(C(=O)CC2CCCC2)C1. The highest BCUT2D eigenvalue weighted by molar-refractivity contribution is 6.32. The molecule has 1 saturated heterocycles. The van der Waals surface area contributed by atoms with Crippen LogP contribution in [0.4, 0.5) is 28.8 Å². The quantitative estimate of drug-likeness (QED) is 0.368. The molecular weight excluding hydrogens is 512 g/mol. The summed E-state index contributed by atoms with van der Waals surface area (Å²) >= 11 is 6.39. The van der Waals surface area contributed by atoms with E-state index in [-0.39, 0.29) is 17.7 Å². The largest absolute Gasteiger partial charge is 0.342 e. The van der Waals surface area contributed by atoms with Gasteiger partial charge in [0.25, 0.3) is 0 Å². The van der Waals surface area contributed by atoms with Crippen molar-refractivity contribution < 1.29 is 9.59 Å². The number of rotatable bonds is 4. The van der Waals surface area contributed by atoms with Crippen molar-refractivity contribution in [2.75, 3.05) is 29.0 Å². The van der Waals surface area contributed by atoms with E-state index in [0.717, 1.165) is 53.9 Å². The maximum absolute atomic E-state index is 13.3. The fraction of sp³-hybridized carbons (Fsp3) is 0.400. The van der Waals surface area contributed by atoms with Crippen LogP contribution in [-0.4, -0.2) is 39.8 Å². The zero-order valence-corrected chi connectivity index (χ0v) is 22.6. The van der Waals surface area contributed by atoms with Crippen molar-refractivity contribution in [3.63, 3.8) is 0 Å². The van der Waals surface area contributed by atoms with Gasteiger partial charge in [-0.3, -0.25) is 9.59 Å². The van der Waals surface area contributed by atoms with Crippen LogP contribution in [0.15, 0.2) is 48.7 Å². The van der Waals surface area contributed by atoms with Crippen LogP contribution in [0, 0.1) is 11.8 Å². The molecule has 9 heteroatoms. The van der Waals surface area contributed by atoms with E-state index in [1.165, 1.54) is 12.8 Å². The van der Waals surface area contributed by atoms with Crippen molar-refractivity contribution in [1.82, 2.24) is 14.9 Å². The van der Waals surface area contributed by atoms with Crippen LogP contribution in [0.2, 0.25) is 5.02 Å². The predicted octanol–water partition coefficient (Wildman–Crippen LogP) is 6.08. The minimum atomic E-state index is -0.196. The Bertz CT molecular complexity index is 1390. The first-order valence-corrected chi connectivity index (χ1v) is 14.2. The second kappa shape index (κ2) is 11.2. The monoisotopic (exact) mass is 544 g/mol. The normalized spacial score (nSPS) is 18.8. The molecule has 8 nitrogen and oxygen atoms in total. The number of likely N-dealkylation sites (tertiary alicyclic amines) is 1. The van der Waals surface area contributed by atoms with Crippen molar-refractivity contribution in [3.8, 4) is 0 Å². The zero-order chi connectivity index (χ0) is 26.8. The number of nitrogens with zero attached hydrogens (tertiary/aromatic N) is 3. The summed E-state index contributed by atoms with van der Waals surface area (Å²) in [4.78, 5) is 36.9. The number of halogens is 1. The number of hydrogen-bond acceptors (Lipinski definition) is 6. The lowest BCUT2D eigenvalue weighted by Crippen LogP contribution is -2.32. The maximum Gasteiger partial charge on any atom is 0.229 e. The molecule has 39 heavy (non-hydrogen) atoms. The van der Waals surface area contributed by atoms with Crippen LogP contribution in [0.3, 0.4) is 0 Å². The summed E-state index contributed by atoms with van der Waals surface area (Å²) in [6.07, 6.45) is 9.21. The Morgan fingerprint density at radius 3 is 2.74 bits per heavy atom. The second-order valence-electron chi connectivity index (χ2n) is 10.9. The molecule has 1 atom stereocenters. The molecule has 2 amide bonds. The Kier molecular flexibility index (Phi) is 7.37. The van der Waals surface area contributed by atoms with Crippen LogP contribution in [0.25, 0.3) is 0 Å². The Hall–Kier alpha value is -3.65. The lowest BCUT2D eigenvalue weighted by atomic mass is 10.0. The molecule has 202 valence electrons. The Balaban J connectivity index is 1.19. The first-order chi connectivity index (χ1) is 19.0. The predicted molar refractivity (Wildman–Crippen MR) is 154 cm³/mol. The molecule has 0 spiro atoms. The summed E-state index contributed by atoms with van der Waals surface area (Å²) < 4.78 is 0. The van der Waals surface area contributed by atoms with Gasteiger partial charge in [0.2, 0.25) is 17.8 Å². The molecule has 0 unspecified atom stereocenters. The van der Waals surface area contributed by atoms with Gasteiger partial charge in [0, 0.05) is 36.6 Å². The summed E-state index contributed by atoms with van der Waals surface area (Å²) in [5.41, 5.74) is 4.69. The third kappa shape index (κ3) is 6.01. The topological polar surface area (TPSA) is 99.2 Å². The molecular formula is C30H33ClN6O2. The van der Waals surface area contributed by atoms with Gasteiger partial charge in [0.05, 0.1) is 12.1 Å². The van der Waals surface area contributed by atoms with Gasteiger partial charge in [-0.25, -0.2) is 4.98 Å². The fourth-order valence-electron chi connectivity index (χ4n) is 5.89.